The largest absolute Gasteiger partial charge is 0.467 e. The Morgan fingerprint density at radius 1 is 1.20 bits per heavy atom. The Bertz CT molecular complexity index is 322. The Morgan fingerprint density at radius 3 is 2.40 bits per heavy atom. The molecule has 0 saturated heterocycles. The van der Waals surface area contributed by atoms with Crippen LogP contribution in [0.15, 0.2) is 0 Å². The fourth-order valence-electron chi connectivity index (χ4n) is 0.814. The summed E-state index contributed by atoms with van der Waals surface area (Å²) in [5.74, 6) is 0.858. The van der Waals surface area contributed by atoms with E-state index in [2.05, 4.69) is 15.0 Å². The normalized spacial score (nSPS) is 9.87. The Labute approximate surface area is 93.2 Å². The second kappa shape index (κ2) is 5.55. The van der Waals surface area contributed by atoms with Gasteiger partial charge in [-0.15, -0.1) is 16.6 Å². The third kappa shape index (κ3) is 3.39. The molecule has 0 bridgehead atoms. The van der Waals surface area contributed by atoms with E-state index in [1.807, 2.05) is 14.1 Å². The van der Waals surface area contributed by atoms with Gasteiger partial charge < -0.3 is 14.4 Å². The van der Waals surface area contributed by atoms with E-state index in [0.717, 1.165) is 0 Å². The number of nitrogens with zero attached hydrogens (tertiary/aromatic N) is 4. The van der Waals surface area contributed by atoms with Crippen LogP contribution in [0.25, 0.3) is 0 Å². The van der Waals surface area contributed by atoms with Crippen LogP contribution in [-0.4, -0.2) is 48.6 Å². The van der Waals surface area contributed by atoms with Crippen molar-refractivity contribution < 1.29 is 9.47 Å². The SMILES string of the molecule is COc1nc(OCCCl)nc(N(C)C)n1. The highest BCUT2D eigenvalue weighted by Gasteiger charge is 2.08. The van der Waals surface area contributed by atoms with E-state index in [-0.39, 0.29) is 12.0 Å². The first-order valence-electron chi connectivity index (χ1n) is 4.33. The summed E-state index contributed by atoms with van der Waals surface area (Å²) < 4.78 is 10.1. The van der Waals surface area contributed by atoms with Crippen molar-refractivity contribution in [3.8, 4) is 12.0 Å². The number of hydrogen-bond acceptors (Lipinski definition) is 6. The molecule has 15 heavy (non-hydrogen) atoms. The summed E-state index contributed by atoms with van der Waals surface area (Å²) in [6, 6.07) is 0.435. The first-order valence-corrected chi connectivity index (χ1v) is 4.87. The van der Waals surface area contributed by atoms with Crippen molar-refractivity contribution in [2.75, 3.05) is 38.6 Å². The summed E-state index contributed by atoms with van der Waals surface area (Å²) in [5.41, 5.74) is 0. The molecule has 0 amide bonds. The smallest absolute Gasteiger partial charge is 0.324 e. The van der Waals surface area contributed by atoms with Gasteiger partial charge in [-0.2, -0.15) is 9.97 Å². The van der Waals surface area contributed by atoms with Gasteiger partial charge in [0.15, 0.2) is 0 Å². The molecular formula is C8H13ClN4O2. The second-order valence-corrected chi connectivity index (χ2v) is 3.21. The fourth-order valence-corrected chi connectivity index (χ4v) is 0.891. The number of rotatable bonds is 5. The van der Waals surface area contributed by atoms with E-state index >= 15 is 0 Å². The molecule has 0 aliphatic rings. The molecule has 0 spiro atoms. The van der Waals surface area contributed by atoms with Gasteiger partial charge in [-0.05, 0) is 0 Å². The number of alkyl halides is 1. The van der Waals surface area contributed by atoms with Crippen molar-refractivity contribution in [1.82, 2.24) is 15.0 Å². The van der Waals surface area contributed by atoms with E-state index in [9.17, 15) is 0 Å². The summed E-state index contributed by atoms with van der Waals surface area (Å²) in [6.07, 6.45) is 0. The average molecular weight is 233 g/mol. The van der Waals surface area contributed by atoms with Gasteiger partial charge in [-0.3, -0.25) is 0 Å². The van der Waals surface area contributed by atoms with Gasteiger partial charge in [0.1, 0.15) is 6.61 Å². The van der Waals surface area contributed by atoms with Crippen LogP contribution in [0.1, 0.15) is 0 Å². The molecule has 0 N–H and O–H groups in total. The van der Waals surface area contributed by atoms with Crippen molar-refractivity contribution in [2.45, 2.75) is 0 Å². The van der Waals surface area contributed by atoms with Crippen LogP contribution in [0.2, 0.25) is 0 Å². The van der Waals surface area contributed by atoms with Crippen LogP contribution in [0.4, 0.5) is 5.95 Å². The molecule has 0 aliphatic carbocycles. The first-order chi connectivity index (χ1) is 7.17. The van der Waals surface area contributed by atoms with E-state index in [1.54, 1.807) is 4.90 Å². The van der Waals surface area contributed by atoms with Crippen molar-refractivity contribution >= 4 is 17.5 Å². The zero-order valence-corrected chi connectivity index (χ0v) is 9.65. The molecule has 6 nitrogen and oxygen atoms in total. The quantitative estimate of drug-likeness (QED) is 0.692. The van der Waals surface area contributed by atoms with Crippen molar-refractivity contribution in [1.29, 1.82) is 0 Å². The summed E-state index contributed by atoms with van der Waals surface area (Å²) >= 11 is 5.49. The van der Waals surface area contributed by atoms with Crippen LogP contribution < -0.4 is 14.4 Å². The summed E-state index contributed by atoms with van der Waals surface area (Å²) in [4.78, 5) is 13.7. The number of aromatic nitrogens is 3. The molecule has 0 aromatic carbocycles. The van der Waals surface area contributed by atoms with Gasteiger partial charge in [0.05, 0.1) is 13.0 Å². The predicted octanol–water partition coefficient (Wildman–Crippen LogP) is 0.564. The highest BCUT2D eigenvalue weighted by Crippen LogP contribution is 2.13. The highest BCUT2D eigenvalue weighted by atomic mass is 35.5. The molecule has 1 aromatic rings. The van der Waals surface area contributed by atoms with E-state index in [1.165, 1.54) is 7.11 Å². The third-order valence-electron chi connectivity index (χ3n) is 1.47. The van der Waals surface area contributed by atoms with Gasteiger partial charge in [0.25, 0.3) is 0 Å². The maximum absolute atomic E-state index is 5.49. The molecule has 0 atom stereocenters. The lowest BCUT2D eigenvalue weighted by molar-refractivity contribution is 0.299. The van der Waals surface area contributed by atoms with E-state index in [4.69, 9.17) is 21.1 Å². The van der Waals surface area contributed by atoms with E-state index < -0.39 is 0 Å². The molecule has 1 rings (SSSR count). The molecule has 0 saturated carbocycles. The molecule has 7 heteroatoms. The highest BCUT2D eigenvalue weighted by molar-refractivity contribution is 6.17. The Kier molecular flexibility index (Phi) is 4.36. The predicted molar refractivity (Wildman–Crippen MR) is 56.9 cm³/mol. The minimum absolute atomic E-state index is 0.214. The Hall–Kier alpha value is -1.30. The van der Waals surface area contributed by atoms with Crippen molar-refractivity contribution in [3.05, 3.63) is 0 Å². The summed E-state index contributed by atoms with van der Waals surface area (Å²) in [7, 11) is 5.13. The molecule has 1 aromatic heterocycles. The second-order valence-electron chi connectivity index (χ2n) is 2.84. The molecule has 1 heterocycles. The van der Waals surface area contributed by atoms with Crippen LogP contribution >= 0.6 is 11.6 Å². The summed E-state index contributed by atoms with van der Waals surface area (Å²) in [6.45, 7) is 0.349. The number of anilines is 1. The van der Waals surface area contributed by atoms with Crippen LogP contribution in [0.5, 0.6) is 12.0 Å². The molecule has 0 aliphatic heterocycles. The minimum atomic E-state index is 0.214. The lowest BCUT2D eigenvalue weighted by Gasteiger charge is -2.11. The number of ether oxygens (including phenoxy) is 2. The van der Waals surface area contributed by atoms with E-state index in [0.29, 0.717) is 18.4 Å². The lowest BCUT2D eigenvalue weighted by Crippen LogP contribution is -2.15. The van der Waals surface area contributed by atoms with Gasteiger partial charge in [0.2, 0.25) is 5.95 Å². The molecule has 0 fully saturated rings. The van der Waals surface area contributed by atoms with Gasteiger partial charge in [-0.25, -0.2) is 0 Å². The number of methoxy groups -OCH3 is 1. The molecule has 0 unspecified atom stereocenters. The number of halogens is 1. The maximum Gasteiger partial charge on any atom is 0.324 e. The van der Waals surface area contributed by atoms with Gasteiger partial charge in [0, 0.05) is 14.1 Å². The van der Waals surface area contributed by atoms with Crippen molar-refractivity contribution in [3.63, 3.8) is 0 Å². The lowest BCUT2D eigenvalue weighted by atomic mass is 10.8. The number of hydrogen-bond donors (Lipinski definition) is 0. The van der Waals surface area contributed by atoms with Gasteiger partial charge >= 0.3 is 12.0 Å². The Morgan fingerprint density at radius 2 is 1.87 bits per heavy atom. The summed E-state index contributed by atoms with van der Waals surface area (Å²) in [5, 5.41) is 0. The topological polar surface area (TPSA) is 60.4 Å². The minimum Gasteiger partial charge on any atom is -0.467 e. The fraction of sp³-hybridized carbons (Fsp3) is 0.625. The van der Waals surface area contributed by atoms with Crippen LogP contribution in [-0.2, 0) is 0 Å². The standard InChI is InChI=1S/C8H13ClN4O2/c1-13(2)6-10-7(14-3)12-8(11-6)15-5-4-9/h4-5H2,1-3H3. The van der Waals surface area contributed by atoms with Crippen molar-refractivity contribution in [2.24, 2.45) is 0 Å². The molecule has 0 radical (unpaired) electrons. The molecular weight excluding hydrogens is 220 g/mol. The zero-order valence-electron chi connectivity index (χ0n) is 8.90. The average Bonchev–Trinajstić information content (AvgIpc) is 2.25. The van der Waals surface area contributed by atoms with Crippen LogP contribution in [0, 0.1) is 0 Å². The monoisotopic (exact) mass is 232 g/mol. The zero-order chi connectivity index (χ0) is 11.3. The molecule has 84 valence electrons. The van der Waals surface area contributed by atoms with Crippen LogP contribution in [0.3, 0.4) is 0 Å². The Balaban J connectivity index is 2.90. The first kappa shape index (κ1) is 11.8. The third-order valence-corrected chi connectivity index (χ3v) is 1.63. The van der Waals surface area contributed by atoms with Gasteiger partial charge in [-0.1, -0.05) is 0 Å². The maximum atomic E-state index is 5.49.